The summed E-state index contributed by atoms with van der Waals surface area (Å²) in [6, 6.07) is 12.0. The Kier molecular flexibility index (Phi) is 6.86. The Labute approximate surface area is 123 Å². The van der Waals surface area contributed by atoms with E-state index in [9.17, 15) is 0 Å². The molecule has 94 valence electrons. The lowest BCUT2D eigenvalue weighted by molar-refractivity contribution is 1.14. The Bertz CT molecular complexity index is 395. The predicted octanol–water partition coefficient (Wildman–Crippen LogP) is 4.66. The van der Waals surface area contributed by atoms with Gasteiger partial charge in [0.15, 0.2) is 0 Å². The minimum atomic E-state index is 1.07. The van der Waals surface area contributed by atoms with Gasteiger partial charge in [-0.3, -0.25) is 0 Å². The number of nitrogens with zero attached hydrogens (tertiary/aromatic N) is 2. The van der Waals surface area contributed by atoms with Gasteiger partial charge in [-0.15, -0.1) is 0 Å². The molecule has 0 saturated heterocycles. The monoisotopic (exact) mass is 312 g/mol. The molecule has 0 unspecified atom stereocenters. The van der Waals surface area contributed by atoms with Crippen LogP contribution in [0.5, 0.6) is 0 Å². The molecule has 0 aliphatic carbocycles. The molecule has 0 bridgehead atoms. The van der Waals surface area contributed by atoms with Crippen LogP contribution in [-0.4, -0.2) is 21.5 Å². The molecule has 18 heavy (non-hydrogen) atoms. The molecule has 0 radical (unpaired) electrons. The Hall–Kier alpha value is -0.300. The van der Waals surface area contributed by atoms with Crippen LogP contribution in [-0.2, 0) is 0 Å². The fourth-order valence-electron chi connectivity index (χ4n) is 1.06. The molecule has 0 saturated carbocycles. The van der Waals surface area contributed by atoms with E-state index in [-0.39, 0.29) is 0 Å². The fraction of sp³-hybridized carbons (Fsp3) is 0.167. The van der Waals surface area contributed by atoms with Crippen molar-refractivity contribution in [2.45, 2.75) is 10.1 Å². The van der Waals surface area contributed by atoms with Crippen LogP contribution >= 0.6 is 43.2 Å². The van der Waals surface area contributed by atoms with E-state index < -0.39 is 0 Å². The summed E-state index contributed by atoms with van der Waals surface area (Å²) in [5.74, 6) is 2.21. The van der Waals surface area contributed by atoms with E-state index in [0.717, 1.165) is 21.6 Å². The van der Waals surface area contributed by atoms with Crippen LogP contribution in [0.15, 0.2) is 58.8 Å². The summed E-state index contributed by atoms with van der Waals surface area (Å²) in [4.78, 5) is 8.53. The summed E-state index contributed by atoms with van der Waals surface area (Å²) in [5, 5.41) is 2.15. The lowest BCUT2D eigenvalue weighted by Crippen LogP contribution is -1.80. The van der Waals surface area contributed by atoms with Gasteiger partial charge in [-0.1, -0.05) is 33.7 Å². The minimum Gasteiger partial charge on any atom is -0.249 e. The van der Waals surface area contributed by atoms with E-state index >= 15 is 0 Å². The van der Waals surface area contributed by atoms with Crippen molar-refractivity contribution in [1.29, 1.82) is 0 Å². The Morgan fingerprint density at radius 2 is 1.22 bits per heavy atom. The molecule has 0 atom stereocenters. The SMILES string of the molecule is c1ccc(SSCCSSc2ccccn2)nc1. The topological polar surface area (TPSA) is 25.8 Å². The highest BCUT2D eigenvalue weighted by Gasteiger charge is 1.97. The minimum absolute atomic E-state index is 1.07. The van der Waals surface area contributed by atoms with E-state index in [2.05, 4.69) is 9.97 Å². The fourth-order valence-corrected chi connectivity index (χ4v) is 5.53. The van der Waals surface area contributed by atoms with E-state index in [4.69, 9.17) is 0 Å². The van der Waals surface area contributed by atoms with Crippen molar-refractivity contribution in [2.24, 2.45) is 0 Å². The first-order valence-corrected chi connectivity index (χ1v) is 10.00. The molecular weight excluding hydrogens is 300 g/mol. The third-order valence-electron chi connectivity index (χ3n) is 1.81. The summed E-state index contributed by atoms with van der Waals surface area (Å²) in [6.45, 7) is 0. The molecule has 0 N–H and O–H groups in total. The zero-order valence-electron chi connectivity index (χ0n) is 9.56. The van der Waals surface area contributed by atoms with Crippen LogP contribution < -0.4 is 0 Å². The number of hydrogen-bond acceptors (Lipinski definition) is 6. The average Bonchev–Trinajstić information content (AvgIpc) is 2.45. The van der Waals surface area contributed by atoms with Gasteiger partial charge >= 0.3 is 0 Å². The number of pyridine rings is 2. The van der Waals surface area contributed by atoms with Gasteiger partial charge in [0.1, 0.15) is 10.1 Å². The molecule has 0 amide bonds. The van der Waals surface area contributed by atoms with Crippen molar-refractivity contribution >= 4 is 43.2 Å². The summed E-state index contributed by atoms with van der Waals surface area (Å²) in [7, 11) is 7.15. The molecule has 6 heteroatoms. The van der Waals surface area contributed by atoms with Gasteiger partial charge in [-0.05, 0) is 45.9 Å². The quantitative estimate of drug-likeness (QED) is 0.545. The highest BCUT2D eigenvalue weighted by molar-refractivity contribution is 8.78. The number of aromatic nitrogens is 2. The van der Waals surface area contributed by atoms with Gasteiger partial charge < -0.3 is 0 Å². The normalized spacial score (nSPS) is 10.4. The van der Waals surface area contributed by atoms with Gasteiger partial charge in [-0.25, -0.2) is 9.97 Å². The lowest BCUT2D eigenvalue weighted by Gasteiger charge is -2.00. The van der Waals surface area contributed by atoms with Gasteiger partial charge in [0, 0.05) is 23.9 Å². The first kappa shape index (κ1) is 14.1. The van der Waals surface area contributed by atoms with Crippen LogP contribution in [0.25, 0.3) is 0 Å². The Balaban J connectivity index is 1.54. The van der Waals surface area contributed by atoms with Crippen molar-refractivity contribution in [1.82, 2.24) is 9.97 Å². The third kappa shape index (κ3) is 5.56. The van der Waals surface area contributed by atoms with Gasteiger partial charge in [0.05, 0.1) is 0 Å². The summed E-state index contributed by atoms with van der Waals surface area (Å²) in [5.41, 5.74) is 0. The molecule has 0 aromatic carbocycles. The molecule has 0 fully saturated rings. The van der Waals surface area contributed by atoms with Crippen LogP contribution in [0.3, 0.4) is 0 Å². The summed E-state index contributed by atoms with van der Waals surface area (Å²) >= 11 is 0. The van der Waals surface area contributed by atoms with Crippen LogP contribution in [0, 0.1) is 0 Å². The second-order valence-electron chi connectivity index (χ2n) is 3.15. The van der Waals surface area contributed by atoms with E-state index in [1.54, 1.807) is 21.6 Å². The predicted molar refractivity (Wildman–Crippen MR) is 85.1 cm³/mol. The van der Waals surface area contributed by atoms with E-state index in [1.807, 2.05) is 70.4 Å². The maximum atomic E-state index is 4.26. The third-order valence-corrected chi connectivity index (χ3v) is 6.61. The molecule has 2 aromatic heterocycles. The van der Waals surface area contributed by atoms with Gasteiger partial charge in [0.2, 0.25) is 0 Å². The molecule has 0 aliphatic rings. The molecule has 2 rings (SSSR count). The number of rotatable bonds is 7. The second kappa shape index (κ2) is 8.74. The maximum absolute atomic E-state index is 4.26. The summed E-state index contributed by atoms with van der Waals surface area (Å²) in [6.07, 6.45) is 3.66. The van der Waals surface area contributed by atoms with Crippen LogP contribution in [0.2, 0.25) is 0 Å². The van der Waals surface area contributed by atoms with Crippen molar-refractivity contribution in [3.63, 3.8) is 0 Å². The van der Waals surface area contributed by atoms with Gasteiger partial charge in [0.25, 0.3) is 0 Å². The zero-order valence-corrected chi connectivity index (χ0v) is 12.8. The lowest BCUT2D eigenvalue weighted by atomic mass is 10.5. The number of hydrogen-bond donors (Lipinski definition) is 0. The highest BCUT2D eigenvalue weighted by atomic mass is 33.1. The maximum Gasteiger partial charge on any atom is 0.106 e. The van der Waals surface area contributed by atoms with Crippen LogP contribution in [0.4, 0.5) is 0 Å². The Morgan fingerprint density at radius 1 is 0.722 bits per heavy atom. The molecule has 2 aromatic rings. The Morgan fingerprint density at radius 3 is 1.61 bits per heavy atom. The molecular formula is C12H12N2S4. The average molecular weight is 313 g/mol. The first-order chi connectivity index (χ1) is 8.95. The largest absolute Gasteiger partial charge is 0.249 e. The first-order valence-electron chi connectivity index (χ1n) is 5.36. The highest BCUT2D eigenvalue weighted by Crippen LogP contribution is 2.33. The van der Waals surface area contributed by atoms with Gasteiger partial charge in [-0.2, -0.15) is 0 Å². The second-order valence-corrected chi connectivity index (χ2v) is 8.02. The van der Waals surface area contributed by atoms with E-state index in [0.29, 0.717) is 0 Å². The van der Waals surface area contributed by atoms with Crippen molar-refractivity contribution < 1.29 is 0 Å². The van der Waals surface area contributed by atoms with E-state index in [1.165, 1.54) is 0 Å². The molecule has 0 aliphatic heterocycles. The van der Waals surface area contributed by atoms with Crippen molar-refractivity contribution in [3.05, 3.63) is 48.8 Å². The molecule has 2 heterocycles. The zero-order chi connectivity index (χ0) is 12.5. The standard InChI is InChI=1S/C12H12N2S4/c1-3-7-13-11(5-1)17-15-9-10-16-18-12-6-2-4-8-14-12/h1-8H,9-10H2. The summed E-state index contributed by atoms with van der Waals surface area (Å²) < 4.78 is 0. The smallest absolute Gasteiger partial charge is 0.106 e. The van der Waals surface area contributed by atoms with Crippen molar-refractivity contribution in [2.75, 3.05) is 11.5 Å². The van der Waals surface area contributed by atoms with Crippen molar-refractivity contribution in [3.8, 4) is 0 Å². The molecule has 2 nitrogen and oxygen atoms in total. The van der Waals surface area contributed by atoms with Crippen LogP contribution in [0.1, 0.15) is 0 Å². The molecule has 0 spiro atoms.